The highest BCUT2D eigenvalue weighted by Gasteiger charge is 2.35. The van der Waals surface area contributed by atoms with Crippen molar-refractivity contribution in [3.05, 3.63) is 59.8 Å². The maximum absolute atomic E-state index is 13.3. The Hall–Kier alpha value is -3.76. The molecule has 3 heterocycles. The molecule has 4 rings (SSSR count). The molecule has 0 bridgehead atoms. The third-order valence-corrected chi connectivity index (χ3v) is 4.13. The Morgan fingerprint density at radius 3 is 2.76 bits per heavy atom. The van der Waals surface area contributed by atoms with E-state index in [4.69, 9.17) is 0 Å². The van der Waals surface area contributed by atoms with Gasteiger partial charge in [-0.05, 0) is 23.8 Å². The van der Waals surface area contributed by atoms with Crippen LogP contribution in [0, 0.1) is 0 Å². The Morgan fingerprint density at radius 2 is 2.00 bits per heavy atom. The average molecular weight is 401 g/mol. The van der Waals surface area contributed by atoms with Crippen LogP contribution in [0.5, 0.6) is 0 Å². The van der Waals surface area contributed by atoms with E-state index in [2.05, 4.69) is 35.9 Å². The number of aromatic nitrogens is 4. The molecule has 1 aliphatic rings. The minimum atomic E-state index is -4.62. The monoisotopic (exact) mass is 401 g/mol. The van der Waals surface area contributed by atoms with Crippen LogP contribution in [0.25, 0.3) is 0 Å². The maximum Gasteiger partial charge on any atom is 0.421 e. The highest BCUT2D eigenvalue weighted by Crippen LogP contribution is 2.34. The van der Waals surface area contributed by atoms with Gasteiger partial charge in [0.1, 0.15) is 11.4 Å². The SMILES string of the molecule is O=C1Cc2cc(Nc3ncc(C(F)(F)F)c(NCc4cnccn4)n3)ccc2N1. The second-order valence-electron chi connectivity index (χ2n) is 6.23. The van der Waals surface area contributed by atoms with Crippen molar-refractivity contribution in [2.75, 3.05) is 16.0 Å². The van der Waals surface area contributed by atoms with E-state index in [1.807, 2.05) is 0 Å². The zero-order valence-corrected chi connectivity index (χ0v) is 14.8. The number of rotatable bonds is 5. The maximum atomic E-state index is 13.3. The average Bonchev–Trinajstić information content (AvgIpc) is 3.06. The smallest absolute Gasteiger partial charge is 0.364 e. The molecule has 0 fully saturated rings. The fraction of sp³-hybridized carbons (Fsp3) is 0.167. The minimum absolute atomic E-state index is 0.0139. The Morgan fingerprint density at radius 1 is 1.14 bits per heavy atom. The number of alkyl halides is 3. The number of hydrogen-bond acceptors (Lipinski definition) is 7. The molecule has 0 aliphatic carbocycles. The number of hydrogen-bond donors (Lipinski definition) is 3. The van der Waals surface area contributed by atoms with Gasteiger partial charge in [-0.15, -0.1) is 0 Å². The number of fused-ring (bicyclic) bond motifs is 1. The van der Waals surface area contributed by atoms with Crippen molar-refractivity contribution in [2.24, 2.45) is 0 Å². The lowest BCUT2D eigenvalue weighted by atomic mass is 10.1. The molecule has 0 spiro atoms. The largest absolute Gasteiger partial charge is 0.421 e. The van der Waals surface area contributed by atoms with Gasteiger partial charge in [-0.25, -0.2) is 4.98 Å². The van der Waals surface area contributed by atoms with Crippen LogP contribution in [0.4, 0.5) is 36.3 Å². The van der Waals surface area contributed by atoms with Crippen molar-refractivity contribution in [3.8, 4) is 0 Å². The highest BCUT2D eigenvalue weighted by atomic mass is 19.4. The fourth-order valence-corrected chi connectivity index (χ4v) is 2.82. The second-order valence-corrected chi connectivity index (χ2v) is 6.23. The van der Waals surface area contributed by atoms with Gasteiger partial charge in [-0.2, -0.15) is 18.2 Å². The van der Waals surface area contributed by atoms with Crippen LogP contribution in [0.3, 0.4) is 0 Å². The molecule has 1 aliphatic heterocycles. The first-order valence-corrected chi connectivity index (χ1v) is 8.51. The summed E-state index contributed by atoms with van der Waals surface area (Å²) in [7, 11) is 0. The van der Waals surface area contributed by atoms with E-state index < -0.39 is 11.7 Å². The number of amides is 1. The molecule has 1 amide bonds. The van der Waals surface area contributed by atoms with E-state index in [-0.39, 0.29) is 30.6 Å². The molecule has 0 unspecified atom stereocenters. The zero-order chi connectivity index (χ0) is 20.4. The molecule has 3 aromatic rings. The molecule has 148 valence electrons. The predicted molar refractivity (Wildman–Crippen MR) is 98.5 cm³/mol. The number of nitrogens with zero attached hydrogens (tertiary/aromatic N) is 4. The van der Waals surface area contributed by atoms with E-state index >= 15 is 0 Å². The molecule has 2 aromatic heterocycles. The van der Waals surface area contributed by atoms with Crippen LogP contribution in [0.15, 0.2) is 43.0 Å². The van der Waals surface area contributed by atoms with E-state index in [1.165, 1.54) is 18.6 Å². The van der Waals surface area contributed by atoms with Gasteiger partial charge in [0, 0.05) is 30.0 Å². The molecular weight excluding hydrogens is 387 g/mol. The van der Waals surface area contributed by atoms with E-state index in [0.29, 0.717) is 23.3 Å². The van der Waals surface area contributed by atoms with Gasteiger partial charge < -0.3 is 16.0 Å². The summed E-state index contributed by atoms with van der Waals surface area (Å²) in [5.41, 5.74) is 1.52. The van der Waals surface area contributed by atoms with E-state index in [9.17, 15) is 18.0 Å². The fourth-order valence-electron chi connectivity index (χ4n) is 2.82. The van der Waals surface area contributed by atoms with Crippen LogP contribution >= 0.6 is 0 Å². The van der Waals surface area contributed by atoms with E-state index in [0.717, 1.165) is 5.56 Å². The van der Waals surface area contributed by atoms with Gasteiger partial charge in [0.25, 0.3) is 0 Å². The number of anilines is 4. The Kier molecular flexibility index (Phi) is 4.71. The molecule has 11 heteroatoms. The number of benzene rings is 1. The Labute approximate surface area is 162 Å². The van der Waals surface area contributed by atoms with Crippen molar-refractivity contribution in [2.45, 2.75) is 19.1 Å². The number of nitrogens with one attached hydrogen (secondary N) is 3. The summed E-state index contributed by atoms with van der Waals surface area (Å²) in [6.07, 6.45) is 0.693. The van der Waals surface area contributed by atoms with Crippen LogP contribution in [0.2, 0.25) is 0 Å². The molecule has 0 saturated heterocycles. The Balaban J connectivity index is 1.58. The number of carbonyl (C=O) groups excluding carboxylic acids is 1. The summed E-state index contributed by atoms with van der Waals surface area (Å²) >= 11 is 0. The predicted octanol–water partition coefficient (Wildman–Crippen LogP) is 3.14. The van der Waals surface area contributed by atoms with Crippen molar-refractivity contribution in [3.63, 3.8) is 0 Å². The normalized spacial score (nSPS) is 13.0. The lowest BCUT2D eigenvalue weighted by Crippen LogP contribution is -2.14. The summed E-state index contributed by atoms with van der Waals surface area (Å²) in [6, 6.07) is 5.11. The van der Waals surface area contributed by atoms with Crippen molar-refractivity contribution in [1.29, 1.82) is 0 Å². The third kappa shape index (κ3) is 4.23. The van der Waals surface area contributed by atoms with Crippen LogP contribution < -0.4 is 16.0 Å². The van der Waals surface area contributed by atoms with Gasteiger partial charge in [-0.3, -0.25) is 14.8 Å². The topological polar surface area (TPSA) is 105 Å². The van der Waals surface area contributed by atoms with Gasteiger partial charge in [0.2, 0.25) is 11.9 Å². The summed E-state index contributed by atoms with van der Waals surface area (Å²) in [5.74, 6) is -0.506. The Bertz CT molecular complexity index is 1060. The molecular formula is C18H14F3N7O. The van der Waals surface area contributed by atoms with Crippen molar-refractivity contribution >= 4 is 29.0 Å². The summed E-state index contributed by atoms with van der Waals surface area (Å²) in [6.45, 7) is 0.0139. The summed E-state index contributed by atoms with van der Waals surface area (Å²) in [4.78, 5) is 27.1. The first-order chi connectivity index (χ1) is 13.9. The number of carbonyl (C=O) groups is 1. The van der Waals surface area contributed by atoms with Crippen LogP contribution in [-0.4, -0.2) is 25.8 Å². The van der Waals surface area contributed by atoms with Crippen LogP contribution in [0.1, 0.15) is 16.8 Å². The zero-order valence-electron chi connectivity index (χ0n) is 14.8. The van der Waals surface area contributed by atoms with Gasteiger partial charge >= 0.3 is 6.18 Å². The van der Waals surface area contributed by atoms with Gasteiger partial charge in [0.15, 0.2) is 0 Å². The van der Waals surface area contributed by atoms with Crippen molar-refractivity contribution < 1.29 is 18.0 Å². The molecule has 0 saturated carbocycles. The molecule has 0 atom stereocenters. The first-order valence-electron chi connectivity index (χ1n) is 8.51. The first kappa shape index (κ1) is 18.6. The molecule has 29 heavy (non-hydrogen) atoms. The third-order valence-electron chi connectivity index (χ3n) is 4.13. The van der Waals surface area contributed by atoms with Crippen molar-refractivity contribution in [1.82, 2.24) is 19.9 Å². The summed E-state index contributed by atoms with van der Waals surface area (Å²) in [5, 5.41) is 8.22. The van der Waals surface area contributed by atoms with Gasteiger partial charge in [0.05, 0.1) is 24.9 Å². The summed E-state index contributed by atoms with van der Waals surface area (Å²) < 4.78 is 39.9. The van der Waals surface area contributed by atoms with Crippen LogP contribution in [-0.2, 0) is 23.9 Å². The molecule has 8 nitrogen and oxygen atoms in total. The quantitative estimate of drug-likeness (QED) is 0.603. The number of halogens is 3. The highest BCUT2D eigenvalue weighted by molar-refractivity contribution is 5.99. The van der Waals surface area contributed by atoms with E-state index in [1.54, 1.807) is 18.2 Å². The second kappa shape index (κ2) is 7.34. The lowest BCUT2D eigenvalue weighted by molar-refractivity contribution is -0.137. The minimum Gasteiger partial charge on any atom is -0.364 e. The lowest BCUT2D eigenvalue weighted by Gasteiger charge is -2.15. The van der Waals surface area contributed by atoms with Gasteiger partial charge in [-0.1, -0.05) is 0 Å². The molecule has 1 aromatic carbocycles. The molecule has 0 radical (unpaired) electrons. The standard InChI is InChI=1S/C18H14F3N7O/c19-18(20,21)13-9-25-17(28-16(13)24-8-12-7-22-3-4-23-12)26-11-1-2-14-10(5-11)6-15(29)27-14/h1-5,7,9H,6,8H2,(H,27,29)(H2,24,25,26,28). The molecule has 3 N–H and O–H groups in total.